The van der Waals surface area contributed by atoms with Crippen molar-refractivity contribution in [2.24, 2.45) is 16.9 Å². The van der Waals surface area contributed by atoms with Gasteiger partial charge in [-0.05, 0) is 25.5 Å². The minimum Gasteiger partial charge on any atom is -0.370 e. The Balaban J connectivity index is 2.19. The first kappa shape index (κ1) is 12.8. The maximum absolute atomic E-state index is 13.7. The van der Waals surface area contributed by atoms with Gasteiger partial charge in [0, 0.05) is 30.9 Å². The second-order valence-corrected chi connectivity index (χ2v) is 5.08. The van der Waals surface area contributed by atoms with Crippen LogP contribution in [0.5, 0.6) is 0 Å². The molecule has 1 saturated heterocycles. The Hall–Kier alpha value is -1.62. The predicted molar refractivity (Wildman–Crippen MR) is 68.4 cm³/mol. The summed E-state index contributed by atoms with van der Waals surface area (Å²) in [6, 6.07) is 4.98. The lowest BCUT2D eigenvalue weighted by molar-refractivity contribution is -0.125. The van der Waals surface area contributed by atoms with Crippen molar-refractivity contribution >= 4 is 11.6 Å². The summed E-state index contributed by atoms with van der Waals surface area (Å²) in [7, 11) is 0. The number of hydrogen-bond acceptors (Lipinski definition) is 3. The van der Waals surface area contributed by atoms with Crippen LogP contribution in [0.15, 0.2) is 18.2 Å². The maximum Gasteiger partial charge on any atom is 0.225 e. The second-order valence-electron chi connectivity index (χ2n) is 5.08. The molecule has 1 aromatic rings. The molecule has 1 fully saturated rings. The predicted octanol–water partition coefficient (Wildman–Crippen LogP) is 0.986. The molecule has 5 heteroatoms. The van der Waals surface area contributed by atoms with Crippen LogP contribution in [-0.2, 0) is 11.3 Å². The third-order valence-corrected chi connectivity index (χ3v) is 3.69. The Morgan fingerprint density at radius 3 is 2.78 bits per heavy atom. The zero-order valence-electron chi connectivity index (χ0n) is 10.4. The van der Waals surface area contributed by atoms with Crippen molar-refractivity contribution in [3.63, 3.8) is 0 Å². The van der Waals surface area contributed by atoms with Gasteiger partial charge in [-0.25, -0.2) is 4.39 Å². The summed E-state index contributed by atoms with van der Waals surface area (Å²) in [5.41, 5.74) is 11.6. The van der Waals surface area contributed by atoms with Crippen LogP contribution in [0.3, 0.4) is 0 Å². The summed E-state index contributed by atoms with van der Waals surface area (Å²) in [5.74, 6) is -0.605. The van der Waals surface area contributed by atoms with E-state index in [-0.39, 0.29) is 18.3 Å². The Kier molecular flexibility index (Phi) is 3.26. The number of nitrogens with zero attached hydrogens (tertiary/aromatic N) is 1. The molecular weight excluding hydrogens is 233 g/mol. The summed E-state index contributed by atoms with van der Waals surface area (Å²) >= 11 is 0. The van der Waals surface area contributed by atoms with Crippen LogP contribution < -0.4 is 16.4 Å². The van der Waals surface area contributed by atoms with Crippen LogP contribution in [0, 0.1) is 11.2 Å². The third-order valence-electron chi connectivity index (χ3n) is 3.69. The SMILES string of the molecule is CC1(C(N)=O)CCN(c2ccc(CN)c(F)c2)C1. The van der Waals surface area contributed by atoms with E-state index >= 15 is 0 Å². The molecule has 18 heavy (non-hydrogen) atoms. The molecule has 0 radical (unpaired) electrons. The van der Waals surface area contributed by atoms with E-state index in [1.54, 1.807) is 6.07 Å². The average Bonchev–Trinajstić information content (AvgIpc) is 2.73. The lowest BCUT2D eigenvalue weighted by atomic mass is 9.89. The zero-order chi connectivity index (χ0) is 13.3. The van der Waals surface area contributed by atoms with Gasteiger partial charge >= 0.3 is 0 Å². The first-order valence-electron chi connectivity index (χ1n) is 5.99. The molecule has 0 aromatic heterocycles. The van der Waals surface area contributed by atoms with Gasteiger partial charge in [0.2, 0.25) is 5.91 Å². The fraction of sp³-hybridized carbons (Fsp3) is 0.462. The number of rotatable bonds is 3. The molecule has 0 saturated carbocycles. The van der Waals surface area contributed by atoms with Crippen molar-refractivity contribution in [1.29, 1.82) is 0 Å². The highest BCUT2D eigenvalue weighted by Gasteiger charge is 2.38. The summed E-state index contributed by atoms with van der Waals surface area (Å²) in [5, 5.41) is 0. The Morgan fingerprint density at radius 2 is 2.28 bits per heavy atom. The van der Waals surface area contributed by atoms with Gasteiger partial charge in [0.25, 0.3) is 0 Å². The van der Waals surface area contributed by atoms with E-state index in [1.165, 1.54) is 6.07 Å². The normalized spacial score (nSPS) is 23.4. The van der Waals surface area contributed by atoms with Crippen molar-refractivity contribution in [3.05, 3.63) is 29.6 Å². The van der Waals surface area contributed by atoms with Crippen LogP contribution in [0.25, 0.3) is 0 Å². The number of anilines is 1. The van der Waals surface area contributed by atoms with E-state index in [0.29, 0.717) is 25.1 Å². The van der Waals surface area contributed by atoms with Gasteiger partial charge in [0.15, 0.2) is 0 Å². The molecule has 0 bridgehead atoms. The van der Waals surface area contributed by atoms with Crippen LogP contribution in [0.1, 0.15) is 18.9 Å². The van der Waals surface area contributed by atoms with E-state index in [0.717, 1.165) is 5.69 Å². The zero-order valence-corrected chi connectivity index (χ0v) is 10.4. The lowest BCUT2D eigenvalue weighted by Crippen LogP contribution is -2.37. The topological polar surface area (TPSA) is 72.4 Å². The number of nitrogens with two attached hydrogens (primary N) is 2. The van der Waals surface area contributed by atoms with Crippen molar-refractivity contribution < 1.29 is 9.18 Å². The largest absolute Gasteiger partial charge is 0.370 e. The summed E-state index contributed by atoms with van der Waals surface area (Å²) in [4.78, 5) is 13.4. The van der Waals surface area contributed by atoms with E-state index < -0.39 is 5.41 Å². The molecule has 1 amide bonds. The van der Waals surface area contributed by atoms with Gasteiger partial charge in [0.1, 0.15) is 5.82 Å². The second kappa shape index (κ2) is 4.57. The number of hydrogen-bond donors (Lipinski definition) is 2. The van der Waals surface area contributed by atoms with Gasteiger partial charge in [-0.3, -0.25) is 4.79 Å². The summed E-state index contributed by atoms with van der Waals surface area (Å²) in [6.07, 6.45) is 0.697. The average molecular weight is 251 g/mol. The molecule has 1 atom stereocenters. The number of carbonyl (C=O) groups excluding carboxylic acids is 1. The smallest absolute Gasteiger partial charge is 0.225 e. The van der Waals surface area contributed by atoms with Crippen LogP contribution in [-0.4, -0.2) is 19.0 Å². The minimum atomic E-state index is -0.525. The highest BCUT2D eigenvalue weighted by Crippen LogP contribution is 2.33. The van der Waals surface area contributed by atoms with Gasteiger partial charge in [-0.2, -0.15) is 0 Å². The van der Waals surface area contributed by atoms with Crippen LogP contribution in [0.4, 0.5) is 10.1 Å². The molecule has 0 aliphatic carbocycles. The first-order chi connectivity index (χ1) is 8.46. The maximum atomic E-state index is 13.7. The Bertz CT molecular complexity index is 477. The third kappa shape index (κ3) is 2.18. The lowest BCUT2D eigenvalue weighted by Gasteiger charge is -2.22. The Labute approximate surface area is 106 Å². The molecule has 98 valence electrons. The molecule has 1 heterocycles. The van der Waals surface area contributed by atoms with E-state index in [9.17, 15) is 9.18 Å². The number of amides is 1. The van der Waals surface area contributed by atoms with Gasteiger partial charge in [0.05, 0.1) is 5.41 Å². The van der Waals surface area contributed by atoms with Crippen LogP contribution >= 0.6 is 0 Å². The van der Waals surface area contributed by atoms with Crippen molar-refractivity contribution in [3.8, 4) is 0 Å². The van der Waals surface area contributed by atoms with Gasteiger partial charge in [-0.15, -0.1) is 0 Å². The number of carbonyl (C=O) groups is 1. The monoisotopic (exact) mass is 251 g/mol. The quantitative estimate of drug-likeness (QED) is 0.841. The molecule has 2 rings (SSSR count). The molecule has 0 spiro atoms. The van der Waals surface area contributed by atoms with E-state index in [2.05, 4.69) is 0 Å². The summed E-state index contributed by atoms with van der Waals surface area (Å²) in [6.45, 7) is 3.27. The molecule has 1 aliphatic heterocycles. The van der Waals surface area contributed by atoms with Crippen molar-refractivity contribution in [2.45, 2.75) is 19.9 Å². The molecule has 4 nitrogen and oxygen atoms in total. The van der Waals surface area contributed by atoms with Gasteiger partial charge in [-0.1, -0.05) is 6.07 Å². The summed E-state index contributed by atoms with van der Waals surface area (Å²) < 4.78 is 13.7. The fourth-order valence-corrected chi connectivity index (χ4v) is 2.28. The number of halogens is 1. The minimum absolute atomic E-state index is 0.186. The molecule has 1 aliphatic rings. The molecular formula is C13H18FN3O. The fourth-order valence-electron chi connectivity index (χ4n) is 2.28. The van der Waals surface area contributed by atoms with Crippen molar-refractivity contribution in [1.82, 2.24) is 0 Å². The highest BCUT2D eigenvalue weighted by molar-refractivity contribution is 5.82. The standard InChI is InChI=1S/C13H18FN3O/c1-13(12(16)18)4-5-17(8-13)10-3-2-9(7-15)11(14)6-10/h2-3,6H,4-5,7-8,15H2,1H3,(H2,16,18). The molecule has 1 unspecified atom stereocenters. The van der Waals surface area contributed by atoms with Crippen molar-refractivity contribution in [2.75, 3.05) is 18.0 Å². The molecule has 1 aromatic carbocycles. The van der Waals surface area contributed by atoms with Gasteiger partial charge < -0.3 is 16.4 Å². The van der Waals surface area contributed by atoms with E-state index in [1.807, 2.05) is 17.9 Å². The van der Waals surface area contributed by atoms with E-state index in [4.69, 9.17) is 11.5 Å². The first-order valence-corrected chi connectivity index (χ1v) is 5.99. The van der Waals surface area contributed by atoms with Crippen LogP contribution in [0.2, 0.25) is 0 Å². The number of benzene rings is 1. The molecule has 4 N–H and O–H groups in total. The highest BCUT2D eigenvalue weighted by atomic mass is 19.1. The Morgan fingerprint density at radius 1 is 1.56 bits per heavy atom. The number of primary amides is 1.